The molecule has 246 valence electrons. The van der Waals surface area contributed by atoms with Gasteiger partial charge in [-0.2, -0.15) is 0 Å². The van der Waals surface area contributed by atoms with Crippen LogP contribution in [0.1, 0.15) is 0 Å². The number of pyridine rings is 1. The van der Waals surface area contributed by atoms with Crippen molar-refractivity contribution in [3.05, 3.63) is 188 Å². The third-order valence-corrected chi connectivity index (χ3v) is 10.9. The molecule has 0 saturated carbocycles. The van der Waals surface area contributed by atoms with E-state index in [1.807, 2.05) is 18.5 Å². The van der Waals surface area contributed by atoms with Crippen LogP contribution in [0.2, 0.25) is 0 Å². The van der Waals surface area contributed by atoms with Gasteiger partial charge >= 0.3 is 0 Å². The molecule has 0 bridgehead atoms. The second kappa shape index (κ2) is 11.8. The molecule has 11 aromatic rings. The molecule has 2 nitrogen and oxygen atoms in total. The van der Waals surface area contributed by atoms with Gasteiger partial charge in [-0.05, 0) is 83.0 Å². The Morgan fingerprint density at radius 3 is 1.30 bits per heavy atom. The van der Waals surface area contributed by atoms with Crippen LogP contribution in [0, 0.1) is 0 Å². The summed E-state index contributed by atoms with van der Waals surface area (Å²) in [5.41, 5.74) is 11.2. The standard InChI is InChI=1S/C51H31NO/c1-2-15-32(16-3-1)46-34-18-4-8-22-38(34)48(39-23-9-5-19-35(39)46)42-26-13-29-45-50(42)44-28-12-27-43(51(44)53-45)49-40-24-10-6-20-36(40)47(33-17-14-30-52-31-33)37-21-7-11-25-41(37)49/h1-31H. The van der Waals surface area contributed by atoms with Crippen LogP contribution >= 0.6 is 0 Å². The van der Waals surface area contributed by atoms with Crippen LogP contribution in [0.3, 0.4) is 0 Å². The van der Waals surface area contributed by atoms with E-state index in [1.165, 1.54) is 76.5 Å². The van der Waals surface area contributed by atoms with Crippen LogP contribution in [-0.2, 0) is 0 Å². The Bertz CT molecular complexity index is 3100. The van der Waals surface area contributed by atoms with Gasteiger partial charge < -0.3 is 4.42 Å². The number of hydrogen-bond donors (Lipinski definition) is 0. The minimum Gasteiger partial charge on any atom is -0.455 e. The van der Waals surface area contributed by atoms with E-state index < -0.39 is 0 Å². The predicted molar refractivity (Wildman–Crippen MR) is 223 cm³/mol. The maximum Gasteiger partial charge on any atom is 0.143 e. The minimum absolute atomic E-state index is 0.880. The van der Waals surface area contributed by atoms with E-state index in [1.54, 1.807) is 0 Å². The molecule has 0 aliphatic rings. The van der Waals surface area contributed by atoms with E-state index in [0.29, 0.717) is 0 Å². The monoisotopic (exact) mass is 673 g/mol. The van der Waals surface area contributed by atoms with Crippen molar-refractivity contribution in [1.82, 2.24) is 4.98 Å². The van der Waals surface area contributed by atoms with Crippen LogP contribution in [0.15, 0.2) is 193 Å². The molecule has 0 atom stereocenters. The van der Waals surface area contributed by atoms with Crippen LogP contribution < -0.4 is 0 Å². The highest BCUT2D eigenvalue weighted by atomic mass is 16.3. The number of hydrogen-bond acceptors (Lipinski definition) is 2. The zero-order valence-electron chi connectivity index (χ0n) is 28.8. The molecule has 0 fully saturated rings. The lowest BCUT2D eigenvalue weighted by Crippen LogP contribution is -1.91. The Labute approximate surface area is 306 Å². The van der Waals surface area contributed by atoms with Gasteiger partial charge in [0.2, 0.25) is 0 Å². The molecule has 0 N–H and O–H groups in total. The smallest absolute Gasteiger partial charge is 0.143 e. The van der Waals surface area contributed by atoms with E-state index in [-0.39, 0.29) is 0 Å². The van der Waals surface area contributed by atoms with Crippen LogP contribution in [0.25, 0.3) is 110 Å². The summed E-state index contributed by atoms with van der Waals surface area (Å²) < 4.78 is 7.02. The molecule has 2 heteroatoms. The lowest BCUT2D eigenvalue weighted by molar-refractivity contribution is 0.670. The van der Waals surface area contributed by atoms with Gasteiger partial charge in [0.1, 0.15) is 11.2 Å². The molecule has 53 heavy (non-hydrogen) atoms. The lowest BCUT2D eigenvalue weighted by atomic mass is 9.84. The maximum atomic E-state index is 7.02. The number of furan rings is 1. The van der Waals surface area contributed by atoms with Crippen molar-refractivity contribution >= 4 is 65.0 Å². The summed E-state index contributed by atoms with van der Waals surface area (Å²) in [5, 5.41) is 11.9. The van der Waals surface area contributed by atoms with Crippen molar-refractivity contribution in [2.75, 3.05) is 0 Å². The predicted octanol–water partition coefficient (Wildman–Crippen LogP) is 14.3. The number of rotatable bonds is 4. The molecule has 0 saturated heterocycles. The van der Waals surface area contributed by atoms with Gasteiger partial charge in [-0.15, -0.1) is 0 Å². The number of benzene rings is 9. The molecule has 2 aromatic heterocycles. The third-order valence-electron chi connectivity index (χ3n) is 10.9. The molecule has 0 amide bonds. The molecule has 11 rings (SSSR count). The summed E-state index contributed by atoms with van der Waals surface area (Å²) in [5.74, 6) is 0. The second-order valence-corrected chi connectivity index (χ2v) is 13.8. The first-order chi connectivity index (χ1) is 26.3. The summed E-state index contributed by atoms with van der Waals surface area (Å²) in [6, 6.07) is 63.3. The Morgan fingerprint density at radius 1 is 0.321 bits per heavy atom. The summed E-state index contributed by atoms with van der Waals surface area (Å²) in [6.07, 6.45) is 3.80. The van der Waals surface area contributed by atoms with E-state index in [4.69, 9.17) is 4.42 Å². The fraction of sp³-hybridized carbons (Fsp3) is 0. The quantitative estimate of drug-likeness (QED) is 0.174. The number of fused-ring (bicyclic) bond motifs is 7. The van der Waals surface area contributed by atoms with Crippen molar-refractivity contribution < 1.29 is 4.42 Å². The van der Waals surface area contributed by atoms with Crippen LogP contribution in [0.4, 0.5) is 0 Å². The van der Waals surface area contributed by atoms with Crippen LogP contribution in [0.5, 0.6) is 0 Å². The minimum atomic E-state index is 0.880. The first-order valence-corrected chi connectivity index (χ1v) is 18.1. The second-order valence-electron chi connectivity index (χ2n) is 13.8. The SMILES string of the molecule is c1ccc(-c2c3ccccc3c(-c3cccc4oc5c(-c6c7ccccc7c(-c7cccnc7)c7ccccc67)cccc5c34)c3ccccc23)cc1. The molecule has 0 unspecified atom stereocenters. The van der Waals surface area contributed by atoms with Gasteiger partial charge in [0.15, 0.2) is 0 Å². The first-order valence-electron chi connectivity index (χ1n) is 18.1. The topological polar surface area (TPSA) is 26.0 Å². The first kappa shape index (κ1) is 29.7. The summed E-state index contributed by atoms with van der Waals surface area (Å²) >= 11 is 0. The number of para-hydroxylation sites is 1. The van der Waals surface area contributed by atoms with Gasteiger partial charge in [0.25, 0.3) is 0 Å². The highest BCUT2D eigenvalue weighted by molar-refractivity contribution is 6.28. The van der Waals surface area contributed by atoms with Gasteiger partial charge in [-0.3, -0.25) is 4.98 Å². The molecule has 0 spiro atoms. The average Bonchev–Trinajstić information content (AvgIpc) is 3.62. The van der Waals surface area contributed by atoms with Crippen molar-refractivity contribution in [2.24, 2.45) is 0 Å². The van der Waals surface area contributed by atoms with Gasteiger partial charge in [-0.1, -0.05) is 164 Å². The van der Waals surface area contributed by atoms with Crippen molar-refractivity contribution in [3.63, 3.8) is 0 Å². The normalized spacial score (nSPS) is 11.8. The molecule has 0 radical (unpaired) electrons. The Morgan fingerprint density at radius 2 is 0.755 bits per heavy atom. The highest BCUT2D eigenvalue weighted by Gasteiger charge is 2.23. The van der Waals surface area contributed by atoms with E-state index >= 15 is 0 Å². The highest BCUT2D eigenvalue weighted by Crippen LogP contribution is 2.50. The molecular formula is C51H31NO. The molecule has 0 aliphatic heterocycles. The van der Waals surface area contributed by atoms with Crippen LogP contribution in [-0.4, -0.2) is 4.98 Å². The lowest BCUT2D eigenvalue weighted by Gasteiger charge is -2.18. The van der Waals surface area contributed by atoms with Crippen molar-refractivity contribution in [2.45, 2.75) is 0 Å². The Balaban J connectivity index is 1.24. The fourth-order valence-electron chi connectivity index (χ4n) is 8.83. The maximum absolute atomic E-state index is 7.02. The molecule has 9 aromatic carbocycles. The van der Waals surface area contributed by atoms with Gasteiger partial charge in [0, 0.05) is 39.9 Å². The largest absolute Gasteiger partial charge is 0.455 e. The van der Waals surface area contributed by atoms with E-state index in [0.717, 1.165) is 33.1 Å². The zero-order chi connectivity index (χ0) is 34.9. The van der Waals surface area contributed by atoms with E-state index in [9.17, 15) is 0 Å². The molecule has 2 heterocycles. The van der Waals surface area contributed by atoms with Crippen molar-refractivity contribution in [3.8, 4) is 44.5 Å². The molecular weight excluding hydrogens is 643 g/mol. The zero-order valence-corrected chi connectivity index (χ0v) is 28.8. The van der Waals surface area contributed by atoms with Gasteiger partial charge in [-0.25, -0.2) is 0 Å². The van der Waals surface area contributed by atoms with Gasteiger partial charge in [0.05, 0.1) is 0 Å². The fourth-order valence-corrected chi connectivity index (χ4v) is 8.83. The average molecular weight is 674 g/mol. The number of aromatic nitrogens is 1. The summed E-state index contributed by atoms with van der Waals surface area (Å²) in [6.45, 7) is 0. The third kappa shape index (κ3) is 4.43. The summed E-state index contributed by atoms with van der Waals surface area (Å²) in [7, 11) is 0. The van der Waals surface area contributed by atoms with E-state index in [2.05, 4.69) is 175 Å². The Kier molecular flexibility index (Phi) is 6.59. The molecule has 0 aliphatic carbocycles. The number of nitrogens with zero attached hydrogens (tertiary/aromatic N) is 1. The Hall–Kier alpha value is -7.03. The summed E-state index contributed by atoms with van der Waals surface area (Å²) in [4.78, 5) is 4.50. The van der Waals surface area contributed by atoms with Crippen molar-refractivity contribution in [1.29, 1.82) is 0 Å².